The fourth-order valence-electron chi connectivity index (χ4n) is 1.99. The van der Waals surface area contributed by atoms with E-state index < -0.39 is 0 Å². The van der Waals surface area contributed by atoms with E-state index in [1.54, 1.807) is 6.07 Å². The molecule has 0 saturated heterocycles. The molecular weight excluding hydrogens is 329 g/mol. The molecule has 2 aromatic rings. The summed E-state index contributed by atoms with van der Waals surface area (Å²) in [7, 11) is 0. The normalized spacial score (nSPS) is 12.5. The fourth-order valence-corrected chi connectivity index (χ4v) is 2.73. The Morgan fingerprint density at radius 3 is 2.74 bits per heavy atom. The maximum absolute atomic E-state index is 13.2. The standard InChI is InChI=1S/C15H14BrClFN/c1-9-2-4-13(16)12(6-9)15(19)8-10-7-11(18)3-5-14(10)17/h2-7,15H,8,19H2,1H3. The van der Waals surface area contributed by atoms with Gasteiger partial charge in [0.05, 0.1) is 0 Å². The summed E-state index contributed by atoms with van der Waals surface area (Å²) in [4.78, 5) is 0. The summed E-state index contributed by atoms with van der Waals surface area (Å²) in [6.07, 6.45) is 0.499. The van der Waals surface area contributed by atoms with Gasteiger partial charge in [0.25, 0.3) is 0 Å². The largest absolute Gasteiger partial charge is 0.324 e. The van der Waals surface area contributed by atoms with Crippen molar-refractivity contribution in [3.63, 3.8) is 0 Å². The molecule has 0 fully saturated rings. The first-order chi connectivity index (χ1) is 8.97. The quantitative estimate of drug-likeness (QED) is 0.852. The van der Waals surface area contributed by atoms with Gasteiger partial charge in [-0.15, -0.1) is 0 Å². The number of hydrogen-bond acceptors (Lipinski definition) is 1. The number of aryl methyl sites for hydroxylation is 1. The SMILES string of the molecule is Cc1ccc(Br)c(C(N)Cc2cc(F)ccc2Cl)c1. The highest BCUT2D eigenvalue weighted by Crippen LogP contribution is 2.28. The van der Waals surface area contributed by atoms with Crippen LogP contribution in [0.15, 0.2) is 40.9 Å². The molecule has 2 aromatic carbocycles. The number of rotatable bonds is 3. The molecule has 0 aliphatic rings. The lowest BCUT2D eigenvalue weighted by molar-refractivity contribution is 0.622. The second kappa shape index (κ2) is 6.04. The van der Waals surface area contributed by atoms with Gasteiger partial charge >= 0.3 is 0 Å². The van der Waals surface area contributed by atoms with E-state index in [0.29, 0.717) is 11.4 Å². The summed E-state index contributed by atoms with van der Waals surface area (Å²) < 4.78 is 14.2. The average molecular weight is 343 g/mol. The molecule has 0 saturated carbocycles. The van der Waals surface area contributed by atoms with Crippen LogP contribution in [-0.2, 0) is 6.42 Å². The Morgan fingerprint density at radius 1 is 1.26 bits per heavy atom. The number of benzene rings is 2. The van der Waals surface area contributed by atoms with Crippen molar-refractivity contribution in [2.75, 3.05) is 0 Å². The van der Waals surface area contributed by atoms with Gasteiger partial charge in [0.15, 0.2) is 0 Å². The topological polar surface area (TPSA) is 26.0 Å². The van der Waals surface area contributed by atoms with E-state index in [0.717, 1.165) is 21.2 Å². The van der Waals surface area contributed by atoms with E-state index >= 15 is 0 Å². The number of hydrogen-bond donors (Lipinski definition) is 1. The third-order valence-corrected chi connectivity index (χ3v) is 4.09. The van der Waals surface area contributed by atoms with Crippen LogP contribution >= 0.6 is 27.5 Å². The fraction of sp³-hybridized carbons (Fsp3) is 0.200. The second-order valence-electron chi connectivity index (χ2n) is 4.57. The predicted octanol–water partition coefficient (Wildman–Crippen LogP) is 4.79. The van der Waals surface area contributed by atoms with Gasteiger partial charge in [-0.3, -0.25) is 0 Å². The van der Waals surface area contributed by atoms with Gasteiger partial charge in [-0.05, 0) is 48.7 Å². The van der Waals surface area contributed by atoms with Crippen molar-refractivity contribution in [3.05, 3.63) is 68.4 Å². The molecule has 1 atom stereocenters. The molecule has 2 rings (SSSR count). The molecular formula is C15H14BrClFN. The minimum Gasteiger partial charge on any atom is -0.324 e. The Balaban J connectivity index is 2.27. The molecule has 1 unspecified atom stereocenters. The molecule has 0 amide bonds. The molecule has 0 aromatic heterocycles. The highest BCUT2D eigenvalue weighted by Gasteiger charge is 2.13. The van der Waals surface area contributed by atoms with E-state index in [1.165, 1.54) is 12.1 Å². The van der Waals surface area contributed by atoms with Gasteiger partial charge in [0, 0.05) is 15.5 Å². The molecule has 0 aliphatic carbocycles. The monoisotopic (exact) mass is 341 g/mol. The third kappa shape index (κ3) is 3.56. The van der Waals surface area contributed by atoms with E-state index in [-0.39, 0.29) is 11.9 Å². The molecule has 0 bridgehead atoms. The molecule has 0 radical (unpaired) electrons. The van der Waals surface area contributed by atoms with Crippen LogP contribution in [-0.4, -0.2) is 0 Å². The Labute approximate surface area is 125 Å². The van der Waals surface area contributed by atoms with Crippen LogP contribution in [0.25, 0.3) is 0 Å². The van der Waals surface area contributed by atoms with Crippen molar-refractivity contribution in [1.29, 1.82) is 0 Å². The molecule has 0 spiro atoms. The van der Waals surface area contributed by atoms with Crippen LogP contribution in [0, 0.1) is 12.7 Å². The van der Waals surface area contributed by atoms with E-state index in [4.69, 9.17) is 17.3 Å². The van der Waals surface area contributed by atoms with Crippen LogP contribution in [0.4, 0.5) is 4.39 Å². The molecule has 2 N–H and O–H groups in total. The third-order valence-electron chi connectivity index (χ3n) is 3.00. The van der Waals surface area contributed by atoms with Crippen molar-refractivity contribution in [2.24, 2.45) is 5.73 Å². The summed E-state index contributed by atoms with van der Waals surface area (Å²) in [5, 5.41) is 0.542. The molecule has 4 heteroatoms. The Hall–Kier alpha value is -0.900. The van der Waals surface area contributed by atoms with Gasteiger partial charge in [0.2, 0.25) is 0 Å². The molecule has 19 heavy (non-hydrogen) atoms. The lowest BCUT2D eigenvalue weighted by Gasteiger charge is -2.15. The molecule has 0 aliphatic heterocycles. The Bertz CT molecular complexity index is 601. The minimum atomic E-state index is -0.296. The summed E-state index contributed by atoms with van der Waals surface area (Å²) >= 11 is 9.56. The van der Waals surface area contributed by atoms with Crippen LogP contribution in [0.1, 0.15) is 22.7 Å². The van der Waals surface area contributed by atoms with Crippen molar-refractivity contribution < 1.29 is 4.39 Å². The maximum Gasteiger partial charge on any atom is 0.123 e. The smallest absolute Gasteiger partial charge is 0.123 e. The average Bonchev–Trinajstić information content (AvgIpc) is 2.36. The van der Waals surface area contributed by atoms with Crippen LogP contribution in [0.3, 0.4) is 0 Å². The van der Waals surface area contributed by atoms with Gasteiger partial charge in [-0.2, -0.15) is 0 Å². The molecule has 1 nitrogen and oxygen atoms in total. The molecule has 100 valence electrons. The summed E-state index contributed by atoms with van der Waals surface area (Å²) in [5.41, 5.74) is 9.07. The second-order valence-corrected chi connectivity index (χ2v) is 5.83. The van der Waals surface area contributed by atoms with Gasteiger partial charge < -0.3 is 5.73 Å². The highest BCUT2D eigenvalue weighted by atomic mass is 79.9. The highest BCUT2D eigenvalue weighted by molar-refractivity contribution is 9.10. The predicted molar refractivity (Wildman–Crippen MR) is 80.9 cm³/mol. The van der Waals surface area contributed by atoms with E-state index in [9.17, 15) is 4.39 Å². The number of nitrogens with two attached hydrogens (primary N) is 1. The van der Waals surface area contributed by atoms with Gasteiger partial charge in [-0.1, -0.05) is 45.2 Å². The Kier molecular flexibility index (Phi) is 4.61. The zero-order valence-corrected chi connectivity index (χ0v) is 12.8. The van der Waals surface area contributed by atoms with E-state index in [1.807, 2.05) is 25.1 Å². The van der Waals surface area contributed by atoms with Crippen molar-refractivity contribution in [1.82, 2.24) is 0 Å². The van der Waals surface area contributed by atoms with Crippen molar-refractivity contribution >= 4 is 27.5 Å². The zero-order valence-electron chi connectivity index (χ0n) is 10.5. The van der Waals surface area contributed by atoms with Gasteiger partial charge in [-0.25, -0.2) is 4.39 Å². The van der Waals surface area contributed by atoms with Gasteiger partial charge in [0.1, 0.15) is 5.82 Å². The van der Waals surface area contributed by atoms with Crippen LogP contribution < -0.4 is 5.73 Å². The van der Waals surface area contributed by atoms with E-state index in [2.05, 4.69) is 15.9 Å². The Morgan fingerprint density at radius 2 is 2.00 bits per heavy atom. The summed E-state index contributed by atoms with van der Waals surface area (Å²) in [5.74, 6) is -0.296. The summed E-state index contributed by atoms with van der Waals surface area (Å²) in [6.45, 7) is 2.01. The summed E-state index contributed by atoms with van der Waals surface area (Å²) in [6, 6.07) is 10.1. The number of halogens is 3. The lowest BCUT2D eigenvalue weighted by Crippen LogP contribution is -2.14. The lowest BCUT2D eigenvalue weighted by atomic mass is 9.98. The van der Waals surface area contributed by atoms with Crippen LogP contribution in [0.5, 0.6) is 0 Å². The van der Waals surface area contributed by atoms with Crippen molar-refractivity contribution in [3.8, 4) is 0 Å². The molecule has 0 heterocycles. The van der Waals surface area contributed by atoms with Crippen LogP contribution in [0.2, 0.25) is 5.02 Å². The first kappa shape index (κ1) is 14.5. The van der Waals surface area contributed by atoms with Crippen molar-refractivity contribution in [2.45, 2.75) is 19.4 Å². The zero-order chi connectivity index (χ0) is 14.0. The minimum absolute atomic E-state index is 0.228. The first-order valence-electron chi connectivity index (χ1n) is 5.93. The maximum atomic E-state index is 13.2. The first-order valence-corrected chi connectivity index (χ1v) is 7.10.